The molecule has 0 unspecified atom stereocenters. The zero-order valence-electron chi connectivity index (χ0n) is 18.1. The lowest BCUT2D eigenvalue weighted by atomic mass is 9.87. The number of thioether (sulfide) groups is 1. The number of nitrogens with zero attached hydrogens (tertiary/aromatic N) is 3. The Morgan fingerprint density at radius 2 is 1.97 bits per heavy atom. The fourth-order valence-corrected chi connectivity index (χ4v) is 4.80. The maximum atomic E-state index is 12.5. The number of hydrogen-bond donors (Lipinski definition) is 1. The molecular weight excluding hydrogens is 436 g/mol. The molecule has 0 bridgehead atoms. The van der Waals surface area contributed by atoms with Crippen molar-refractivity contribution >= 4 is 29.0 Å². The van der Waals surface area contributed by atoms with E-state index in [0.717, 1.165) is 53.6 Å². The summed E-state index contributed by atoms with van der Waals surface area (Å²) in [7, 11) is 0. The molecule has 4 rings (SSSR count). The lowest BCUT2D eigenvalue weighted by molar-refractivity contribution is -0.384. The molecule has 1 aliphatic rings. The first-order chi connectivity index (χ1) is 16.0. The molecule has 0 aliphatic heterocycles. The Labute approximate surface area is 196 Å². The van der Waals surface area contributed by atoms with Crippen LogP contribution in [0.25, 0.3) is 11.1 Å². The average molecular weight is 459 g/mol. The minimum absolute atomic E-state index is 0.0382. The van der Waals surface area contributed by atoms with E-state index in [2.05, 4.69) is 11.4 Å². The number of amides is 1. The summed E-state index contributed by atoms with van der Waals surface area (Å²) in [5.74, 6) is -0.281. The highest BCUT2D eigenvalue weighted by Crippen LogP contribution is 2.38. The normalized spacial score (nSPS) is 12.5. The predicted molar refractivity (Wildman–Crippen MR) is 128 cm³/mol. The summed E-state index contributed by atoms with van der Waals surface area (Å²) in [6.45, 7) is 2.03. The van der Waals surface area contributed by atoms with Crippen molar-refractivity contribution in [2.45, 2.75) is 37.6 Å². The summed E-state index contributed by atoms with van der Waals surface area (Å²) in [6.07, 6.45) is 3.86. The van der Waals surface area contributed by atoms with E-state index in [1.165, 1.54) is 30.0 Å². The second kappa shape index (κ2) is 9.84. The van der Waals surface area contributed by atoms with Crippen molar-refractivity contribution in [2.75, 3.05) is 11.1 Å². The number of nitro groups is 1. The van der Waals surface area contributed by atoms with Crippen molar-refractivity contribution in [1.29, 1.82) is 5.26 Å². The van der Waals surface area contributed by atoms with Crippen molar-refractivity contribution in [3.63, 3.8) is 0 Å². The molecule has 1 N–H and O–H groups in total. The first kappa shape index (κ1) is 22.5. The van der Waals surface area contributed by atoms with E-state index < -0.39 is 4.92 Å². The second-order valence-electron chi connectivity index (χ2n) is 7.92. The third-order valence-corrected chi connectivity index (χ3v) is 6.55. The number of pyridine rings is 1. The van der Waals surface area contributed by atoms with Crippen LogP contribution in [0.2, 0.25) is 0 Å². The van der Waals surface area contributed by atoms with E-state index in [-0.39, 0.29) is 17.3 Å². The number of non-ortho nitro benzene ring substituents is 1. The number of carbonyl (C=O) groups is 1. The van der Waals surface area contributed by atoms with Crippen LogP contribution in [0.5, 0.6) is 0 Å². The Kier molecular flexibility index (Phi) is 6.71. The molecule has 1 heterocycles. The topological polar surface area (TPSA) is 109 Å². The van der Waals surface area contributed by atoms with Crippen LogP contribution in [0.3, 0.4) is 0 Å². The Bertz CT molecular complexity index is 1270. The van der Waals surface area contributed by atoms with Crippen LogP contribution in [0.4, 0.5) is 11.4 Å². The van der Waals surface area contributed by atoms with Gasteiger partial charge in [-0.1, -0.05) is 47.7 Å². The molecule has 0 saturated heterocycles. The highest BCUT2D eigenvalue weighted by molar-refractivity contribution is 8.00. The van der Waals surface area contributed by atoms with Gasteiger partial charge in [0.25, 0.3) is 5.69 Å². The molecule has 8 heteroatoms. The summed E-state index contributed by atoms with van der Waals surface area (Å²) in [4.78, 5) is 27.8. The highest BCUT2D eigenvalue weighted by Gasteiger charge is 2.23. The van der Waals surface area contributed by atoms with Crippen molar-refractivity contribution in [1.82, 2.24) is 4.98 Å². The third-order valence-electron chi connectivity index (χ3n) is 5.57. The van der Waals surface area contributed by atoms with Gasteiger partial charge >= 0.3 is 0 Å². The largest absolute Gasteiger partial charge is 0.325 e. The number of nitriles is 1. The molecule has 2 aromatic carbocycles. The van der Waals surface area contributed by atoms with Gasteiger partial charge in [-0.25, -0.2) is 4.98 Å². The van der Waals surface area contributed by atoms with Crippen LogP contribution in [0, 0.1) is 28.4 Å². The van der Waals surface area contributed by atoms with Gasteiger partial charge in [-0.15, -0.1) is 0 Å². The van der Waals surface area contributed by atoms with Crippen molar-refractivity contribution in [3.8, 4) is 17.2 Å². The Morgan fingerprint density at radius 3 is 2.70 bits per heavy atom. The molecule has 0 fully saturated rings. The van der Waals surface area contributed by atoms with Crippen LogP contribution in [-0.2, 0) is 17.6 Å². The van der Waals surface area contributed by atoms with Gasteiger partial charge < -0.3 is 5.32 Å². The smallest absolute Gasteiger partial charge is 0.271 e. The van der Waals surface area contributed by atoms with Gasteiger partial charge in [-0.3, -0.25) is 14.9 Å². The van der Waals surface area contributed by atoms with Crippen molar-refractivity contribution < 1.29 is 9.72 Å². The number of aryl methyl sites for hydroxylation is 2. The fourth-order valence-electron chi connectivity index (χ4n) is 3.99. The van der Waals surface area contributed by atoms with Crippen molar-refractivity contribution in [3.05, 3.63) is 81.0 Å². The van der Waals surface area contributed by atoms with E-state index in [1.807, 2.05) is 31.2 Å². The first-order valence-corrected chi connectivity index (χ1v) is 11.6. The highest BCUT2D eigenvalue weighted by atomic mass is 32.2. The molecular formula is C25H22N4O3S. The Balaban J connectivity index is 1.61. The first-order valence-electron chi connectivity index (χ1n) is 10.7. The van der Waals surface area contributed by atoms with E-state index in [4.69, 9.17) is 4.98 Å². The molecule has 1 aromatic heterocycles. The summed E-state index contributed by atoms with van der Waals surface area (Å²) >= 11 is 1.21. The molecule has 166 valence electrons. The van der Waals surface area contributed by atoms with Crippen LogP contribution in [0.1, 0.15) is 35.2 Å². The van der Waals surface area contributed by atoms with Gasteiger partial charge in [0.15, 0.2) is 0 Å². The lowest BCUT2D eigenvalue weighted by Crippen LogP contribution is -2.15. The van der Waals surface area contributed by atoms with E-state index in [9.17, 15) is 20.2 Å². The second-order valence-corrected chi connectivity index (χ2v) is 8.89. The lowest BCUT2D eigenvalue weighted by Gasteiger charge is -2.22. The van der Waals surface area contributed by atoms with E-state index >= 15 is 0 Å². The summed E-state index contributed by atoms with van der Waals surface area (Å²) in [5, 5.41) is 24.2. The number of benzene rings is 2. The maximum absolute atomic E-state index is 12.5. The maximum Gasteiger partial charge on any atom is 0.271 e. The van der Waals surface area contributed by atoms with Crippen LogP contribution < -0.4 is 5.32 Å². The zero-order valence-corrected chi connectivity index (χ0v) is 18.9. The molecule has 3 aromatic rings. The molecule has 7 nitrogen and oxygen atoms in total. The molecule has 1 aliphatic carbocycles. The number of aromatic nitrogens is 1. The monoisotopic (exact) mass is 458 g/mol. The van der Waals surface area contributed by atoms with Gasteiger partial charge in [0.05, 0.1) is 16.2 Å². The van der Waals surface area contributed by atoms with E-state index in [1.54, 1.807) is 6.07 Å². The van der Waals surface area contributed by atoms with Gasteiger partial charge in [0, 0.05) is 29.1 Å². The van der Waals surface area contributed by atoms with Gasteiger partial charge in [-0.05, 0) is 49.8 Å². The van der Waals surface area contributed by atoms with Gasteiger partial charge in [0.1, 0.15) is 11.1 Å². The number of carbonyl (C=O) groups excluding carboxylic acids is 1. The number of nitro benzene ring substituents is 1. The third kappa shape index (κ3) is 5.04. The summed E-state index contributed by atoms with van der Waals surface area (Å²) in [5.41, 5.74) is 5.94. The molecule has 0 spiro atoms. The molecule has 0 saturated carbocycles. The number of anilines is 1. The zero-order chi connectivity index (χ0) is 23.4. The minimum Gasteiger partial charge on any atom is -0.325 e. The Hall–Kier alpha value is -3.70. The van der Waals surface area contributed by atoms with Crippen LogP contribution in [0.15, 0.2) is 53.6 Å². The minimum atomic E-state index is -0.507. The van der Waals surface area contributed by atoms with Gasteiger partial charge in [-0.2, -0.15) is 5.26 Å². The predicted octanol–water partition coefficient (Wildman–Crippen LogP) is 5.45. The summed E-state index contributed by atoms with van der Waals surface area (Å²) in [6, 6.07) is 16.3. The van der Waals surface area contributed by atoms with Crippen LogP contribution >= 0.6 is 11.8 Å². The molecule has 1 amide bonds. The van der Waals surface area contributed by atoms with Gasteiger partial charge in [0.2, 0.25) is 5.91 Å². The summed E-state index contributed by atoms with van der Waals surface area (Å²) < 4.78 is 0. The fraction of sp³-hybridized carbons (Fsp3) is 0.240. The Morgan fingerprint density at radius 1 is 1.21 bits per heavy atom. The molecule has 0 atom stereocenters. The standard InChI is InChI=1S/C25H22N4O3S/c1-16-9-11-17(12-10-16)24-20-7-2-3-8-22(20)28-25(21(24)14-26)33-15-23(30)27-18-5-4-6-19(13-18)29(31)32/h4-6,9-13H,2-3,7-8,15H2,1H3,(H,27,30). The number of rotatable bonds is 6. The van der Waals surface area contributed by atoms with Crippen molar-refractivity contribution in [2.24, 2.45) is 0 Å². The van der Waals surface area contributed by atoms with E-state index in [0.29, 0.717) is 16.3 Å². The number of fused-ring (bicyclic) bond motifs is 1. The number of nitrogens with one attached hydrogen (secondary N) is 1. The SMILES string of the molecule is Cc1ccc(-c2c(C#N)c(SCC(=O)Nc3cccc([N+](=O)[O-])c3)nc3c2CCCC3)cc1. The number of hydrogen-bond acceptors (Lipinski definition) is 6. The quantitative estimate of drug-likeness (QED) is 0.299. The molecule has 0 radical (unpaired) electrons. The average Bonchev–Trinajstić information content (AvgIpc) is 2.82. The molecule has 33 heavy (non-hydrogen) atoms. The van der Waals surface area contributed by atoms with Crippen LogP contribution in [-0.4, -0.2) is 21.6 Å².